The van der Waals surface area contributed by atoms with Crippen LogP contribution < -0.4 is 10.1 Å². The predicted molar refractivity (Wildman–Crippen MR) is 70.5 cm³/mol. The summed E-state index contributed by atoms with van der Waals surface area (Å²) in [6.07, 6.45) is 0. The molecule has 1 saturated heterocycles. The maximum absolute atomic E-state index is 11.3. The summed E-state index contributed by atoms with van der Waals surface area (Å²) >= 11 is 3.34. The van der Waals surface area contributed by atoms with Gasteiger partial charge in [-0.05, 0) is 18.2 Å². The van der Waals surface area contributed by atoms with Crippen molar-refractivity contribution in [3.63, 3.8) is 0 Å². The first-order chi connectivity index (χ1) is 8.70. The van der Waals surface area contributed by atoms with Crippen molar-refractivity contribution in [2.45, 2.75) is 6.61 Å². The van der Waals surface area contributed by atoms with Crippen LogP contribution in [0, 0.1) is 0 Å². The molecule has 6 heteroatoms. The van der Waals surface area contributed by atoms with Gasteiger partial charge in [0.25, 0.3) is 0 Å². The fourth-order valence-corrected chi connectivity index (χ4v) is 2.21. The molecule has 0 aromatic heterocycles. The minimum Gasteiger partial charge on any atom is -0.491 e. The van der Waals surface area contributed by atoms with E-state index in [1.807, 2.05) is 12.1 Å². The molecule has 0 bridgehead atoms. The number of nitrogens with one attached hydrogen (secondary N) is 1. The van der Waals surface area contributed by atoms with Crippen molar-refractivity contribution in [1.29, 1.82) is 0 Å². The molecule has 0 unspecified atom stereocenters. The molecule has 1 fully saturated rings. The first-order valence-corrected chi connectivity index (χ1v) is 6.55. The summed E-state index contributed by atoms with van der Waals surface area (Å²) in [6.45, 7) is 2.31. The zero-order valence-electron chi connectivity index (χ0n) is 9.86. The van der Waals surface area contributed by atoms with E-state index in [4.69, 9.17) is 4.74 Å². The SMILES string of the molecule is O=C1NCCN1CCOc1ccc(Br)cc1CO. The van der Waals surface area contributed by atoms with Gasteiger partial charge in [0.1, 0.15) is 12.4 Å². The molecule has 0 aliphatic carbocycles. The molecule has 2 N–H and O–H groups in total. The van der Waals surface area contributed by atoms with Crippen LogP contribution >= 0.6 is 15.9 Å². The molecule has 5 nitrogen and oxygen atoms in total. The highest BCUT2D eigenvalue weighted by molar-refractivity contribution is 9.10. The van der Waals surface area contributed by atoms with Crippen LogP contribution in [0.2, 0.25) is 0 Å². The van der Waals surface area contributed by atoms with Crippen LogP contribution in [0.25, 0.3) is 0 Å². The topological polar surface area (TPSA) is 61.8 Å². The van der Waals surface area contributed by atoms with Crippen LogP contribution in [0.4, 0.5) is 4.79 Å². The normalized spacial score (nSPS) is 14.8. The maximum atomic E-state index is 11.3. The number of urea groups is 1. The van der Waals surface area contributed by atoms with E-state index >= 15 is 0 Å². The highest BCUT2D eigenvalue weighted by atomic mass is 79.9. The number of halogens is 1. The zero-order chi connectivity index (χ0) is 13.0. The molecule has 1 aromatic rings. The van der Waals surface area contributed by atoms with E-state index in [2.05, 4.69) is 21.2 Å². The fourth-order valence-electron chi connectivity index (χ4n) is 1.80. The smallest absolute Gasteiger partial charge is 0.317 e. The Morgan fingerprint density at radius 1 is 1.50 bits per heavy atom. The Labute approximate surface area is 114 Å². The molecule has 1 aliphatic heterocycles. The average Bonchev–Trinajstić information content (AvgIpc) is 2.77. The lowest BCUT2D eigenvalue weighted by atomic mass is 10.2. The van der Waals surface area contributed by atoms with Crippen molar-refractivity contribution in [2.75, 3.05) is 26.2 Å². The Morgan fingerprint density at radius 2 is 2.33 bits per heavy atom. The molecule has 1 heterocycles. The highest BCUT2D eigenvalue weighted by Crippen LogP contribution is 2.23. The molecule has 1 aliphatic rings. The number of amides is 2. The van der Waals surface area contributed by atoms with Gasteiger partial charge in [-0.25, -0.2) is 4.79 Å². The van der Waals surface area contributed by atoms with Gasteiger partial charge < -0.3 is 20.1 Å². The quantitative estimate of drug-likeness (QED) is 0.862. The number of rotatable bonds is 5. The van der Waals surface area contributed by atoms with Crippen LogP contribution in [0.5, 0.6) is 5.75 Å². The summed E-state index contributed by atoms with van der Waals surface area (Å²) in [4.78, 5) is 13.0. The zero-order valence-corrected chi connectivity index (χ0v) is 11.4. The van der Waals surface area contributed by atoms with E-state index in [1.54, 1.807) is 11.0 Å². The molecule has 0 spiro atoms. The van der Waals surface area contributed by atoms with Crippen molar-refractivity contribution in [1.82, 2.24) is 10.2 Å². The Hall–Kier alpha value is -1.27. The van der Waals surface area contributed by atoms with Crippen molar-refractivity contribution in [2.24, 2.45) is 0 Å². The number of hydrogen-bond acceptors (Lipinski definition) is 3. The van der Waals surface area contributed by atoms with Gasteiger partial charge in [-0.3, -0.25) is 0 Å². The van der Waals surface area contributed by atoms with Crippen molar-refractivity contribution < 1.29 is 14.6 Å². The lowest BCUT2D eigenvalue weighted by molar-refractivity contribution is 0.200. The lowest BCUT2D eigenvalue weighted by Gasteiger charge is -2.15. The van der Waals surface area contributed by atoms with Crippen LogP contribution in [0.3, 0.4) is 0 Å². The molecule has 18 heavy (non-hydrogen) atoms. The van der Waals surface area contributed by atoms with Crippen LogP contribution in [0.15, 0.2) is 22.7 Å². The second-order valence-electron chi connectivity index (χ2n) is 3.98. The Balaban J connectivity index is 1.88. The summed E-state index contributed by atoms with van der Waals surface area (Å²) < 4.78 is 6.49. The van der Waals surface area contributed by atoms with Gasteiger partial charge in [0.05, 0.1) is 13.2 Å². The Morgan fingerprint density at radius 3 is 3.00 bits per heavy atom. The van der Waals surface area contributed by atoms with Gasteiger partial charge in [-0.1, -0.05) is 15.9 Å². The van der Waals surface area contributed by atoms with E-state index in [-0.39, 0.29) is 12.6 Å². The number of ether oxygens (including phenoxy) is 1. The van der Waals surface area contributed by atoms with E-state index in [9.17, 15) is 9.90 Å². The number of carbonyl (C=O) groups is 1. The summed E-state index contributed by atoms with van der Waals surface area (Å²) in [5.41, 5.74) is 0.732. The number of benzene rings is 1. The highest BCUT2D eigenvalue weighted by Gasteiger charge is 2.18. The third-order valence-corrected chi connectivity index (χ3v) is 3.25. The largest absolute Gasteiger partial charge is 0.491 e. The molecule has 2 amide bonds. The Kier molecular flexibility index (Phi) is 4.43. The van der Waals surface area contributed by atoms with Crippen LogP contribution in [-0.2, 0) is 6.61 Å². The van der Waals surface area contributed by atoms with E-state index in [1.165, 1.54) is 0 Å². The van der Waals surface area contributed by atoms with Crippen molar-refractivity contribution >= 4 is 22.0 Å². The molecular formula is C12H15BrN2O3. The number of hydrogen-bond donors (Lipinski definition) is 2. The van der Waals surface area contributed by atoms with Crippen LogP contribution in [0.1, 0.15) is 5.56 Å². The third kappa shape index (κ3) is 3.14. The monoisotopic (exact) mass is 314 g/mol. The first kappa shape index (κ1) is 13.2. The van der Waals surface area contributed by atoms with E-state index < -0.39 is 0 Å². The van der Waals surface area contributed by atoms with Gasteiger partial charge in [0, 0.05) is 23.1 Å². The minimum absolute atomic E-state index is 0.0446. The van der Waals surface area contributed by atoms with Gasteiger partial charge in [0.2, 0.25) is 0 Å². The number of carbonyl (C=O) groups excluding carboxylic acids is 1. The van der Waals surface area contributed by atoms with Gasteiger partial charge >= 0.3 is 6.03 Å². The number of aliphatic hydroxyl groups excluding tert-OH is 1. The number of aliphatic hydroxyl groups is 1. The van der Waals surface area contributed by atoms with E-state index in [0.29, 0.717) is 25.4 Å². The maximum Gasteiger partial charge on any atom is 0.317 e. The molecule has 0 radical (unpaired) electrons. The first-order valence-electron chi connectivity index (χ1n) is 5.75. The lowest BCUT2D eigenvalue weighted by Crippen LogP contribution is -2.31. The molecule has 1 aromatic carbocycles. The molecule has 0 saturated carbocycles. The van der Waals surface area contributed by atoms with Crippen molar-refractivity contribution in [3.05, 3.63) is 28.2 Å². The molecule has 0 atom stereocenters. The van der Waals surface area contributed by atoms with E-state index in [0.717, 1.165) is 16.6 Å². The van der Waals surface area contributed by atoms with Gasteiger partial charge in [0.15, 0.2) is 0 Å². The van der Waals surface area contributed by atoms with Gasteiger partial charge in [-0.2, -0.15) is 0 Å². The minimum atomic E-state index is -0.0705. The fraction of sp³-hybridized carbons (Fsp3) is 0.417. The summed E-state index contributed by atoms with van der Waals surface area (Å²) in [5, 5.41) is 12.0. The molecule has 2 rings (SSSR count). The number of nitrogens with zero attached hydrogens (tertiary/aromatic N) is 1. The predicted octanol–water partition coefficient (Wildman–Crippen LogP) is 1.35. The van der Waals surface area contributed by atoms with Gasteiger partial charge in [-0.15, -0.1) is 0 Å². The summed E-state index contributed by atoms with van der Waals surface area (Å²) in [7, 11) is 0. The Bertz CT molecular complexity index is 439. The average molecular weight is 315 g/mol. The standard InChI is InChI=1S/C12H15BrN2O3/c13-10-1-2-11(9(7-10)8-16)18-6-5-15-4-3-14-12(15)17/h1-2,7,16H,3-6,8H2,(H,14,17). The second-order valence-corrected chi connectivity index (χ2v) is 4.89. The molecular weight excluding hydrogens is 300 g/mol. The third-order valence-electron chi connectivity index (χ3n) is 2.76. The molecule has 98 valence electrons. The second kappa shape index (κ2) is 6.06. The summed E-state index contributed by atoms with van der Waals surface area (Å²) in [5.74, 6) is 0.653. The summed E-state index contributed by atoms with van der Waals surface area (Å²) in [6, 6.07) is 5.44. The van der Waals surface area contributed by atoms with Crippen LogP contribution in [-0.4, -0.2) is 42.3 Å². The van der Waals surface area contributed by atoms with Crippen molar-refractivity contribution in [3.8, 4) is 5.75 Å².